The van der Waals surface area contributed by atoms with Crippen LogP contribution in [0.15, 0.2) is 53.1 Å². The standard InChI is InChI=1S/C18H21NO2/c1-17(2)12-18(17,14-8-5-4-6-9-14)13-19(3)16(20)15-10-7-11-21-15/h4-11H,12-13H2,1-3H3/t18-/m0/s1. The number of furan rings is 1. The zero-order chi connectivity index (χ0) is 15.1. The third-order valence-electron chi connectivity index (χ3n) is 4.83. The van der Waals surface area contributed by atoms with Gasteiger partial charge in [0.1, 0.15) is 0 Å². The molecule has 0 unspecified atom stereocenters. The molecule has 0 spiro atoms. The summed E-state index contributed by atoms with van der Waals surface area (Å²) in [5.41, 5.74) is 1.58. The van der Waals surface area contributed by atoms with Gasteiger partial charge in [-0.05, 0) is 29.5 Å². The van der Waals surface area contributed by atoms with Crippen molar-refractivity contribution in [2.24, 2.45) is 5.41 Å². The summed E-state index contributed by atoms with van der Waals surface area (Å²) in [6, 6.07) is 14.0. The Morgan fingerprint density at radius 3 is 2.38 bits per heavy atom. The van der Waals surface area contributed by atoms with Crippen LogP contribution in [0.5, 0.6) is 0 Å². The minimum Gasteiger partial charge on any atom is -0.459 e. The molecule has 2 aromatic rings. The Hall–Kier alpha value is -2.03. The van der Waals surface area contributed by atoms with Crippen LogP contribution in [0.25, 0.3) is 0 Å². The summed E-state index contributed by atoms with van der Waals surface area (Å²) >= 11 is 0. The number of carbonyl (C=O) groups is 1. The predicted molar refractivity (Wildman–Crippen MR) is 82.2 cm³/mol. The van der Waals surface area contributed by atoms with E-state index in [4.69, 9.17) is 4.42 Å². The fourth-order valence-electron chi connectivity index (χ4n) is 3.39. The highest BCUT2D eigenvalue weighted by atomic mass is 16.3. The summed E-state index contributed by atoms with van der Waals surface area (Å²) in [5, 5.41) is 0. The molecule has 1 atom stereocenters. The fraction of sp³-hybridized carbons (Fsp3) is 0.389. The lowest BCUT2D eigenvalue weighted by molar-refractivity contribution is 0.0743. The Balaban J connectivity index is 1.83. The molecule has 1 amide bonds. The number of likely N-dealkylation sites (N-methyl/N-ethyl adjacent to an activating group) is 1. The van der Waals surface area contributed by atoms with Crippen molar-refractivity contribution in [1.29, 1.82) is 0 Å². The smallest absolute Gasteiger partial charge is 0.289 e. The molecule has 1 saturated carbocycles. The number of carbonyl (C=O) groups excluding carboxylic acids is 1. The Morgan fingerprint density at radius 1 is 1.19 bits per heavy atom. The van der Waals surface area contributed by atoms with E-state index >= 15 is 0 Å². The first kappa shape index (κ1) is 13.9. The lowest BCUT2D eigenvalue weighted by Gasteiger charge is -2.27. The molecule has 3 rings (SSSR count). The Kier molecular flexibility index (Phi) is 3.16. The monoisotopic (exact) mass is 283 g/mol. The topological polar surface area (TPSA) is 33.5 Å². The molecule has 3 nitrogen and oxygen atoms in total. The van der Waals surface area contributed by atoms with Crippen LogP contribution in [-0.4, -0.2) is 24.4 Å². The molecule has 1 aliphatic rings. The average molecular weight is 283 g/mol. The summed E-state index contributed by atoms with van der Waals surface area (Å²) in [7, 11) is 1.85. The highest BCUT2D eigenvalue weighted by molar-refractivity contribution is 5.91. The van der Waals surface area contributed by atoms with E-state index in [2.05, 4.69) is 38.1 Å². The molecule has 1 heterocycles. The van der Waals surface area contributed by atoms with Gasteiger partial charge in [0.2, 0.25) is 0 Å². The van der Waals surface area contributed by atoms with E-state index in [0.717, 1.165) is 6.42 Å². The van der Waals surface area contributed by atoms with Crippen LogP contribution in [0.3, 0.4) is 0 Å². The second-order valence-electron chi connectivity index (χ2n) is 6.65. The molecule has 1 aliphatic carbocycles. The van der Waals surface area contributed by atoms with E-state index < -0.39 is 0 Å². The average Bonchev–Trinajstić information content (AvgIpc) is 2.86. The molecule has 0 N–H and O–H groups in total. The van der Waals surface area contributed by atoms with Gasteiger partial charge in [0.25, 0.3) is 5.91 Å². The molecule has 0 radical (unpaired) electrons. The molecule has 1 aromatic heterocycles. The van der Waals surface area contributed by atoms with Crippen LogP contribution in [-0.2, 0) is 5.41 Å². The Bertz CT molecular complexity index is 631. The molecule has 0 saturated heterocycles. The van der Waals surface area contributed by atoms with E-state index in [1.165, 1.54) is 11.8 Å². The number of nitrogens with zero attached hydrogens (tertiary/aromatic N) is 1. The van der Waals surface area contributed by atoms with Crippen molar-refractivity contribution in [2.75, 3.05) is 13.6 Å². The summed E-state index contributed by atoms with van der Waals surface area (Å²) < 4.78 is 5.22. The molecule has 3 heteroatoms. The zero-order valence-corrected chi connectivity index (χ0v) is 12.8. The largest absolute Gasteiger partial charge is 0.459 e. The lowest BCUT2D eigenvalue weighted by Crippen LogP contribution is -2.36. The number of amides is 1. The number of rotatable bonds is 4. The summed E-state index contributed by atoms with van der Waals surface area (Å²) in [6.07, 6.45) is 2.63. The molecular formula is C18H21NO2. The Morgan fingerprint density at radius 2 is 1.86 bits per heavy atom. The minimum absolute atomic E-state index is 0.0469. The van der Waals surface area contributed by atoms with Gasteiger partial charge in [-0.1, -0.05) is 44.2 Å². The Labute approximate surface area is 125 Å². The third-order valence-corrected chi connectivity index (χ3v) is 4.83. The van der Waals surface area contributed by atoms with Crippen LogP contribution in [0.2, 0.25) is 0 Å². The van der Waals surface area contributed by atoms with Crippen molar-refractivity contribution in [1.82, 2.24) is 4.90 Å². The second kappa shape index (κ2) is 4.76. The van der Waals surface area contributed by atoms with Gasteiger partial charge in [-0.2, -0.15) is 0 Å². The fourth-order valence-corrected chi connectivity index (χ4v) is 3.39. The van der Waals surface area contributed by atoms with Gasteiger partial charge in [-0.25, -0.2) is 0 Å². The van der Waals surface area contributed by atoms with E-state index in [9.17, 15) is 4.79 Å². The SMILES string of the molecule is CN(C[C@]1(c2ccccc2)CC1(C)C)C(=O)c1ccco1. The van der Waals surface area contributed by atoms with E-state index in [0.29, 0.717) is 12.3 Å². The first-order valence-corrected chi connectivity index (χ1v) is 7.31. The minimum atomic E-state index is -0.0574. The maximum Gasteiger partial charge on any atom is 0.289 e. The number of hydrogen-bond donors (Lipinski definition) is 0. The molecule has 110 valence electrons. The van der Waals surface area contributed by atoms with Gasteiger partial charge < -0.3 is 9.32 Å². The number of benzene rings is 1. The normalized spacial score (nSPS) is 22.8. The first-order valence-electron chi connectivity index (χ1n) is 7.31. The first-order chi connectivity index (χ1) is 9.96. The molecule has 1 aromatic carbocycles. The maximum absolute atomic E-state index is 12.4. The van der Waals surface area contributed by atoms with Gasteiger partial charge >= 0.3 is 0 Å². The predicted octanol–water partition coefficient (Wildman–Crippen LogP) is 3.72. The molecule has 0 aliphatic heterocycles. The second-order valence-corrected chi connectivity index (χ2v) is 6.65. The van der Waals surface area contributed by atoms with E-state index in [1.54, 1.807) is 17.0 Å². The quantitative estimate of drug-likeness (QED) is 0.857. The van der Waals surface area contributed by atoms with Crippen molar-refractivity contribution in [3.05, 3.63) is 60.1 Å². The van der Waals surface area contributed by atoms with Crippen LogP contribution in [0, 0.1) is 5.41 Å². The van der Waals surface area contributed by atoms with Crippen molar-refractivity contribution in [3.8, 4) is 0 Å². The van der Waals surface area contributed by atoms with Gasteiger partial charge in [-0.15, -0.1) is 0 Å². The van der Waals surface area contributed by atoms with Gasteiger partial charge in [-0.3, -0.25) is 4.79 Å². The summed E-state index contributed by atoms with van der Waals surface area (Å²) in [5.74, 6) is 0.345. The number of hydrogen-bond acceptors (Lipinski definition) is 2. The molecule has 0 bridgehead atoms. The van der Waals surface area contributed by atoms with Crippen molar-refractivity contribution in [3.63, 3.8) is 0 Å². The molecule has 21 heavy (non-hydrogen) atoms. The highest BCUT2D eigenvalue weighted by Gasteiger charge is 2.62. The van der Waals surface area contributed by atoms with Crippen LogP contribution in [0.1, 0.15) is 36.4 Å². The highest BCUT2D eigenvalue weighted by Crippen LogP contribution is 2.64. The van der Waals surface area contributed by atoms with E-state index in [-0.39, 0.29) is 16.7 Å². The third kappa shape index (κ3) is 2.27. The van der Waals surface area contributed by atoms with Crippen molar-refractivity contribution < 1.29 is 9.21 Å². The summed E-state index contributed by atoms with van der Waals surface area (Å²) in [6.45, 7) is 5.25. The van der Waals surface area contributed by atoms with E-state index in [1.807, 2.05) is 13.1 Å². The summed E-state index contributed by atoms with van der Waals surface area (Å²) in [4.78, 5) is 14.2. The van der Waals surface area contributed by atoms with Crippen LogP contribution >= 0.6 is 0 Å². The lowest BCUT2D eigenvalue weighted by atomic mass is 9.87. The molecule has 1 fully saturated rings. The van der Waals surface area contributed by atoms with Gasteiger partial charge in [0.15, 0.2) is 5.76 Å². The molecular weight excluding hydrogens is 262 g/mol. The maximum atomic E-state index is 12.4. The van der Waals surface area contributed by atoms with Crippen LogP contribution < -0.4 is 0 Å². The zero-order valence-electron chi connectivity index (χ0n) is 12.8. The van der Waals surface area contributed by atoms with Crippen LogP contribution in [0.4, 0.5) is 0 Å². The van der Waals surface area contributed by atoms with Crippen molar-refractivity contribution in [2.45, 2.75) is 25.7 Å². The van der Waals surface area contributed by atoms with Crippen molar-refractivity contribution >= 4 is 5.91 Å². The van der Waals surface area contributed by atoms with Gasteiger partial charge in [0.05, 0.1) is 6.26 Å². The van der Waals surface area contributed by atoms with Gasteiger partial charge in [0, 0.05) is 19.0 Å².